The van der Waals surface area contributed by atoms with Gasteiger partial charge in [-0.05, 0) is 20.3 Å². The van der Waals surface area contributed by atoms with Crippen LogP contribution in [0.25, 0.3) is 0 Å². The summed E-state index contributed by atoms with van der Waals surface area (Å²) in [7, 11) is 0. The normalized spacial score (nSPS) is 10.2. The van der Waals surface area contributed by atoms with Crippen LogP contribution in [-0.4, -0.2) is 56.7 Å². The largest absolute Gasteiger partial charge is 0.465 e. The summed E-state index contributed by atoms with van der Waals surface area (Å²) in [4.78, 5) is 31.1. The van der Waals surface area contributed by atoms with Crippen molar-refractivity contribution < 1.29 is 28.6 Å². The number of hydrogen-bond donors (Lipinski definition) is 2. The van der Waals surface area contributed by atoms with Gasteiger partial charge in [-0.15, -0.1) is 4.89 Å². The van der Waals surface area contributed by atoms with Crippen LogP contribution >= 0.6 is 12.8 Å². The SMILES string of the molecule is CCOC(=O)CN(COCCCONS)C(=O)OCC. The van der Waals surface area contributed by atoms with Gasteiger partial charge in [0.25, 0.3) is 0 Å². The second kappa shape index (κ2) is 13.0. The average Bonchev–Trinajstić information content (AvgIpc) is 2.41. The Morgan fingerprint density at radius 2 is 1.85 bits per heavy atom. The Hall–Kier alpha value is -1.03. The summed E-state index contributed by atoms with van der Waals surface area (Å²) in [6, 6.07) is 0. The lowest BCUT2D eigenvalue weighted by molar-refractivity contribution is -0.145. The van der Waals surface area contributed by atoms with Gasteiger partial charge in [-0.25, -0.2) is 4.79 Å². The molecule has 0 aromatic rings. The van der Waals surface area contributed by atoms with Crippen molar-refractivity contribution in [2.75, 3.05) is 39.7 Å². The van der Waals surface area contributed by atoms with Gasteiger partial charge in [0.1, 0.15) is 13.3 Å². The first kappa shape index (κ1) is 19.0. The van der Waals surface area contributed by atoms with Crippen molar-refractivity contribution >= 4 is 24.9 Å². The summed E-state index contributed by atoms with van der Waals surface area (Å²) >= 11 is 3.65. The Morgan fingerprint density at radius 3 is 2.45 bits per heavy atom. The molecule has 0 unspecified atom stereocenters. The van der Waals surface area contributed by atoms with Gasteiger partial charge >= 0.3 is 12.1 Å². The van der Waals surface area contributed by atoms with Crippen molar-refractivity contribution in [1.82, 2.24) is 9.79 Å². The molecule has 1 N–H and O–H groups in total. The Kier molecular flexibility index (Phi) is 12.3. The van der Waals surface area contributed by atoms with E-state index in [1.165, 1.54) is 0 Å². The van der Waals surface area contributed by atoms with Crippen molar-refractivity contribution in [3.63, 3.8) is 0 Å². The number of esters is 1. The highest BCUT2D eigenvalue weighted by molar-refractivity contribution is 7.77. The van der Waals surface area contributed by atoms with Gasteiger partial charge in [0.15, 0.2) is 0 Å². The van der Waals surface area contributed by atoms with E-state index in [4.69, 9.17) is 19.0 Å². The maximum Gasteiger partial charge on any atom is 0.412 e. The fraction of sp³-hybridized carbons (Fsp3) is 0.818. The van der Waals surface area contributed by atoms with E-state index in [-0.39, 0.29) is 26.5 Å². The number of carbonyl (C=O) groups excluding carboxylic acids is 2. The standard InChI is InChI=1S/C11H22N2O6S/c1-3-17-10(14)8-13(11(15)18-4-2)9-16-6-5-7-19-12-20/h12,20H,3-9H2,1-2H3. The molecule has 0 aliphatic heterocycles. The summed E-state index contributed by atoms with van der Waals surface area (Å²) in [5, 5.41) is 0. The first-order valence-electron chi connectivity index (χ1n) is 6.31. The molecule has 0 aliphatic carbocycles. The number of nitrogens with one attached hydrogen (secondary N) is 1. The Morgan fingerprint density at radius 1 is 1.15 bits per heavy atom. The maximum absolute atomic E-state index is 11.6. The van der Waals surface area contributed by atoms with E-state index in [9.17, 15) is 9.59 Å². The van der Waals surface area contributed by atoms with E-state index in [0.717, 1.165) is 4.90 Å². The third-order valence-corrected chi connectivity index (χ3v) is 2.13. The van der Waals surface area contributed by atoms with Crippen molar-refractivity contribution in [2.24, 2.45) is 0 Å². The van der Waals surface area contributed by atoms with E-state index in [1.807, 2.05) is 0 Å². The predicted octanol–water partition coefficient (Wildman–Crippen LogP) is 0.738. The lowest BCUT2D eigenvalue weighted by atomic mass is 10.5. The lowest BCUT2D eigenvalue weighted by Gasteiger charge is -2.20. The van der Waals surface area contributed by atoms with Crippen LogP contribution in [-0.2, 0) is 23.8 Å². The van der Waals surface area contributed by atoms with Crippen LogP contribution in [0.4, 0.5) is 4.79 Å². The highest BCUT2D eigenvalue weighted by Gasteiger charge is 2.18. The first-order valence-corrected chi connectivity index (χ1v) is 6.76. The molecule has 20 heavy (non-hydrogen) atoms. The first-order chi connectivity index (χ1) is 9.65. The van der Waals surface area contributed by atoms with Gasteiger partial charge in [-0.3, -0.25) is 14.5 Å². The topological polar surface area (TPSA) is 86.3 Å². The summed E-state index contributed by atoms with van der Waals surface area (Å²) in [5.41, 5.74) is 0. The van der Waals surface area contributed by atoms with Gasteiger partial charge < -0.3 is 14.2 Å². The van der Waals surface area contributed by atoms with Crippen LogP contribution in [0.2, 0.25) is 0 Å². The number of amides is 1. The molecule has 0 aromatic carbocycles. The van der Waals surface area contributed by atoms with E-state index >= 15 is 0 Å². The summed E-state index contributed by atoms with van der Waals surface area (Å²) < 4.78 is 14.9. The number of hydrogen-bond acceptors (Lipinski definition) is 8. The van der Waals surface area contributed by atoms with Gasteiger partial charge in [0, 0.05) is 0 Å². The molecule has 0 saturated heterocycles. The number of rotatable bonds is 11. The molecule has 0 spiro atoms. The Balaban J connectivity index is 4.04. The zero-order chi connectivity index (χ0) is 15.2. The summed E-state index contributed by atoms with van der Waals surface area (Å²) in [6.45, 7) is 4.38. The molecule has 0 fully saturated rings. The van der Waals surface area contributed by atoms with Gasteiger partial charge in [-0.1, -0.05) is 12.8 Å². The molecule has 0 aromatic heterocycles. The second-order valence-electron chi connectivity index (χ2n) is 3.53. The molecular formula is C11H22N2O6S. The fourth-order valence-electron chi connectivity index (χ4n) is 1.19. The quantitative estimate of drug-likeness (QED) is 0.191. The molecule has 0 bridgehead atoms. The monoisotopic (exact) mass is 310 g/mol. The number of nitrogens with zero attached hydrogens (tertiary/aromatic N) is 1. The number of thiol groups is 1. The Labute approximate surface area is 124 Å². The van der Waals surface area contributed by atoms with Crippen LogP contribution in [0.3, 0.4) is 0 Å². The third-order valence-electron chi connectivity index (χ3n) is 2.00. The molecular weight excluding hydrogens is 288 g/mol. The van der Waals surface area contributed by atoms with Gasteiger partial charge in [0.05, 0.1) is 26.4 Å². The predicted molar refractivity (Wildman–Crippen MR) is 73.9 cm³/mol. The minimum atomic E-state index is -0.617. The zero-order valence-corrected chi connectivity index (χ0v) is 12.7. The molecule has 8 nitrogen and oxygen atoms in total. The van der Waals surface area contributed by atoms with Crippen LogP contribution < -0.4 is 4.89 Å². The molecule has 9 heteroatoms. The van der Waals surface area contributed by atoms with Crippen LogP contribution in [0.15, 0.2) is 0 Å². The fourth-order valence-corrected chi connectivity index (χ4v) is 1.28. The minimum absolute atomic E-state index is 0.0497. The lowest BCUT2D eigenvalue weighted by Crippen LogP contribution is -2.38. The molecule has 0 heterocycles. The molecule has 0 radical (unpaired) electrons. The van der Waals surface area contributed by atoms with Gasteiger partial charge in [0.2, 0.25) is 0 Å². The van der Waals surface area contributed by atoms with Crippen LogP contribution in [0.5, 0.6) is 0 Å². The number of ether oxygens (including phenoxy) is 3. The summed E-state index contributed by atoms with van der Waals surface area (Å²) in [6.07, 6.45) is -0.00211. The summed E-state index contributed by atoms with van der Waals surface area (Å²) in [5.74, 6) is -0.508. The number of carbonyl (C=O) groups is 2. The van der Waals surface area contributed by atoms with Crippen LogP contribution in [0, 0.1) is 0 Å². The average molecular weight is 310 g/mol. The molecule has 0 saturated carbocycles. The molecule has 1 amide bonds. The van der Waals surface area contributed by atoms with Crippen molar-refractivity contribution in [1.29, 1.82) is 0 Å². The maximum atomic E-state index is 11.6. The third kappa shape index (κ3) is 9.84. The Bertz CT molecular complexity index is 280. The van der Waals surface area contributed by atoms with E-state index in [2.05, 4.69) is 17.7 Å². The van der Waals surface area contributed by atoms with E-state index in [0.29, 0.717) is 19.6 Å². The van der Waals surface area contributed by atoms with Crippen LogP contribution in [0.1, 0.15) is 20.3 Å². The van der Waals surface area contributed by atoms with Crippen molar-refractivity contribution in [3.05, 3.63) is 0 Å². The van der Waals surface area contributed by atoms with E-state index < -0.39 is 12.1 Å². The molecule has 118 valence electrons. The smallest absolute Gasteiger partial charge is 0.412 e. The molecule has 0 rings (SSSR count). The van der Waals surface area contributed by atoms with E-state index in [1.54, 1.807) is 13.8 Å². The highest BCUT2D eigenvalue weighted by Crippen LogP contribution is 1.97. The minimum Gasteiger partial charge on any atom is -0.465 e. The highest BCUT2D eigenvalue weighted by atomic mass is 32.1. The zero-order valence-electron chi connectivity index (χ0n) is 11.8. The molecule has 0 aliphatic rings. The van der Waals surface area contributed by atoms with Gasteiger partial charge in [-0.2, -0.15) is 0 Å². The van der Waals surface area contributed by atoms with Crippen molar-refractivity contribution in [3.8, 4) is 0 Å². The van der Waals surface area contributed by atoms with Crippen molar-refractivity contribution in [2.45, 2.75) is 20.3 Å². The second-order valence-corrected chi connectivity index (χ2v) is 3.72. The molecule has 0 atom stereocenters.